The van der Waals surface area contributed by atoms with E-state index in [0.29, 0.717) is 47.7 Å². The number of carbonyl (C=O) groups excluding carboxylic acids is 2. The molecule has 5 nitrogen and oxygen atoms in total. The molecule has 2 aromatic carbocycles. The number of rotatable bonds is 2. The van der Waals surface area contributed by atoms with Gasteiger partial charge in [0, 0.05) is 35.7 Å². The smallest absolute Gasteiger partial charge is 0.416 e. The Bertz CT molecular complexity index is 1100. The molecule has 1 amide bonds. The van der Waals surface area contributed by atoms with E-state index < -0.39 is 17.7 Å². The molecule has 0 bridgehead atoms. The maximum absolute atomic E-state index is 13.2. The molecule has 1 atom stereocenters. The highest BCUT2D eigenvalue weighted by atomic mass is 19.4. The van der Waals surface area contributed by atoms with E-state index in [-0.39, 0.29) is 24.9 Å². The van der Waals surface area contributed by atoms with Crippen molar-refractivity contribution in [3.8, 4) is 11.5 Å². The Morgan fingerprint density at radius 2 is 1.68 bits per heavy atom. The molecule has 1 aliphatic carbocycles. The molecule has 0 radical (unpaired) electrons. The molecule has 0 spiro atoms. The van der Waals surface area contributed by atoms with Gasteiger partial charge in [0.05, 0.1) is 5.56 Å². The van der Waals surface area contributed by atoms with E-state index >= 15 is 0 Å². The number of alkyl halides is 3. The fourth-order valence-corrected chi connectivity index (χ4v) is 4.51. The lowest BCUT2D eigenvalue weighted by atomic mass is 9.77. The van der Waals surface area contributed by atoms with Gasteiger partial charge in [-0.1, -0.05) is 6.07 Å². The summed E-state index contributed by atoms with van der Waals surface area (Å²) in [6.07, 6.45) is -2.93. The number of ether oxygens (including phenoxy) is 2. The van der Waals surface area contributed by atoms with Crippen LogP contribution in [-0.2, 0) is 15.8 Å². The zero-order chi connectivity index (χ0) is 21.8. The predicted octanol–water partition coefficient (Wildman–Crippen LogP) is 4.96. The molecular formula is C23H18F3NO4. The van der Waals surface area contributed by atoms with Gasteiger partial charge in [0.15, 0.2) is 17.3 Å². The van der Waals surface area contributed by atoms with Gasteiger partial charge in [0.2, 0.25) is 12.7 Å². The first-order valence-corrected chi connectivity index (χ1v) is 9.99. The Labute approximate surface area is 176 Å². The summed E-state index contributed by atoms with van der Waals surface area (Å²) in [6, 6.07) is 9.86. The standard InChI is InChI=1S/C23H18F3NO4/c24-23(25,26)14-5-7-15(8-6-14)27-17-2-1-3-18(28)22(17)16(11-21(27)29)13-4-9-19-20(10-13)31-12-30-19/h4-10,16H,1-3,11-12H2. The summed E-state index contributed by atoms with van der Waals surface area (Å²) < 4.78 is 49.6. The number of anilines is 1. The van der Waals surface area contributed by atoms with E-state index in [1.807, 2.05) is 6.07 Å². The van der Waals surface area contributed by atoms with Crippen LogP contribution >= 0.6 is 0 Å². The topological polar surface area (TPSA) is 55.8 Å². The van der Waals surface area contributed by atoms with Crippen LogP contribution in [0.5, 0.6) is 11.5 Å². The normalized spacial score (nSPS) is 20.9. The molecular weight excluding hydrogens is 411 g/mol. The zero-order valence-corrected chi connectivity index (χ0v) is 16.4. The van der Waals surface area contributed by atoms with Crippen molar-refractivity contribution >= 4 is 17.4 Å². The Morgan fingerprint density at radius 3 is 2.42 bits per heavy atom. The van der Waals surface area contributed by atoms with Gasteiger partial charge in [0.25, 0.3) is 0 Å². The molecule has 160 valence electrons. The van der Waals surface area contributed by atoms with Gasteiger partial charge in [-0.05, 0) is 54.8 Å². The van der Waals surface area contributed by atoms with E-state index in [0.717, 1.165) is 17.7 Å². The minimum absolute atomic E-state index is 0.0340. The van der Waals surface area contributed by atoms with Crippen molar-refractivity contribution < 1.29 is 32.2 Å². The molecule has 1 unspecified atom stereocenters. The van der Waals surface area contributed by atoms with Gasteiger partial charge in [-0.25, -0.2) is 0 Å². The van der Waals surface area contributed by atoms with Crippen molar-refractivity contribution in [1.29, 1.82) is 0 Å². The van der Waals surface area contributed by atoms with Crippen LogP contribution in [0.4, 0.5) is 18.9 Å². The van der Waals surface area contributed by atoms with E-state index in [4.69, 9.17) is 9.47 Å². The number of hydrogen-bond acceptors (Lipinski definition) is 4. The lowest BCUT2D eigenvalue weighted by Crippen LogP contribution is -2.40. The Kier molecular flexibility index (Phi) is 4.53. The molecule has 3 aliphatic rings. The minimum Gasteiger partial charge on any atom is -0.454 e. The second-order valence-electron chi connectivity index (χ2n) is 7.78. The quantitative estimate of drug-likeness (QED) is 0.677. The molecule has 0 saturated carbocycles. The van der Waals surface area contributed by atoms with Crippen molar-refractivity contribution in [2.75, 3.05) is 11.7 Å². The summed E-state index contributed by atoms with van der Waals surface area (Å²) in [7, 11) is 0. The fourth-order valence-electron chi connectivity index (χ4n) is 4.51. The second kappa shape index (κ2) is 7.14. The number of fused-ring (bicyclic) bond motifs is 1. The van der Waals surface area contributed by atoms with Crippen LogP contribution in [0.25, 0.3) is 0 Å². The molecule has 5 rings (SSSR count). The first-order valence-electron chi connectivity index (χ1n) is 9.99. The first kappa shape index (κ1) is 19.7. The number of ketones is 1. The second-order valence-corrected chi connectivity index (χ2v) is 7.78. The van der Waals surface area contributed by atoms with E-state index in [1.54, 1.807) is 12.1 Å². The summed E-state index contributed by atoms with van der Waals surface area (Å²) >= 11 is 0. The molecule has 0 fully saturated rings. The van der Waals surface area contributed by atoms with Crippen molar-refractivity contribution in [2.45, 2.75) is 37.8 Å². The van der Waals surface area contributed by atoms with Crippen LogP contribution < -0.4 is 14.4 Å². The first-order chi connectivity index (χ1) is 14.8. The van der Waals surface area contributed by atoms with Crippen molar-refractivity contribution in [3.05, 3.63) is 64.9 Å². The Hall–Kier alpha value is -3.29. The number of hydrogen-bond donors (Lipinski definition) is 0. The van der Waals surface area contributed by atoms with Gasteiger partial charge >= 0.3 is 6.18 Å². The summed E-state index contributed by atoms with van der Waals surface area (Å²) in [5.74, 6) is 0.474. The summed E-state index contributed by atoms with van der Waals surface area (Å²) in [5, 5.41) is 0. The monoisotopic (exact) mass is 429 g/mol. The molecule has 2 heterocycles. The summed E-state index contributed by atoms with van der Waals surface area (Å²) in [4.78, 5) is 27.5. The maximum Gasteiger partial charge on any atom is 0.416 e. The maximum atomic E-state index is 13.2. The number of nitrogens with zero attached hydrogens (tertiary/aromatic N) is 1. The third-order valence-electron chi connectivity index (χ3n) is 5.93. The third kappa shape index (κ3) is 3.36. The van der Waals surface area contributed by atoms with Gasteiger partial charge in [-0.3, -0.25) is 14.5 Å². The molecule has 0 saturated heterocycles. The van der Waals surface area contributed by atoms with Crippen LogP contribution in [0.2, 0.25) is 0 Å². The molecule has 0 aromatic heterocycles. The fraction of sp³-hybridized carbons (Fsp3) is 0.304. The van der Waals surface area contributed by atoms with Gasteiger partial charge in [-0.2, -0.15) is 13.2 Å². The average molecular weight is 429 g/mol. The summed E-state index contributed by atoms with van der Waals surface area (Å²) in [6.45, 7) is 0.122. The largest absolute Gasteiger partial charge is 0.454 e. The molecule has 8 heteroatoms. The highest BCUT2D eigenvalue weighted by Crippen LogP contribution is 2.45. The van der Waals surface area contributed by atoms with E-state index in [1.165, 1.54) is 17.0 Å². The zero-order valence-electron chi connectivity index (χ0n) is 16.4. The molecule has 2 aromatic rings. The predicted molar refractivity (Wildman–Crippen MR) is 105 cm³/mol. The van der Waals surface area contributed by atoms with E-state index in [9.17, 15) is 22.8 Å². The van der Waals surface area contributed by atoms with Crippen LogP contribution in [0.3, 0.4) is 0 Å². The lowest BCUT2D eigenvalue weighted by Gasteiger charge is -2.38. The number of carbonyl (C=O) groups is 2. The van der Waals surface area contributed by atoms with Crippen LogP contribution in [0, 0.1) is 0 Å². The van der Waals surface area contributed by atoms with Crippen molar-refractivity contribution in [2.24, 2.45) is 0 Å². The number of halogens is 3. The molecule has 2 aliphatic heterocycles. The number of amides is 1. The number of benzene rings is 2. The minimum atomic E-state index is -4.46. The average Bonchev–Trinajstić information content (AvgIpc) is 3.20. The van der Waals surface area contributed by atoms with Gasteiger partial charge in [-0.15, -0.1) is 0 Å². The van der Waals surface area contributed by atoms with Crippen molar-refractivity contribution in [3.63, 3.8) is 0 Å². The third-order valence-corrected chi connectivity index (χ3v) is 5.93. The SMILES string of the molecule is O=C1CCCC2=C1C(c1ccc3c(c1)OCO3)CC(=O)N2c1ccc(C(F)(F)F)cc1. The lowest BCUT2D eigenvalue weighted by molar-refractivity contribution is -0.137. The molecule has 0 N–H and O–H groups in total. The number of Topliss-reactive ketones (excluding diaryl/α,β-unsaturated/α-hetero) is 1. The van der Waals surface area contributed by atoms with Gasteiger partial charge < -0.3 is 9.47 Å². The Morgan fingerprint density at radius 1 is 0.935 bits per heavy atom. The van der Waals surface area contributed by atoms with Crippen LogP contribution in [-0.4, -0.2) is 18.5 Å². The van der Waals surface area contributed by atoms with Crippen molar-refractivity contribution in [1.82, 2.24) is 0 Å². The van der Waals surface area contributed by atoms with Crippen LogP contribution in [0.15, 0.2) is 53.7 Å². The highest BCUT2D eigenvalue weighted by molar-refractivity contribution is 6.07. The Balaban J connectivity index is 1.58. The number of allylic oxidation sites excluding steroid dienone is 2. The molecule has 31 heavy (non-hydrogen) atoms. The highest BCUT2D eigenvalue weighted by Gasteiger charge is 2.40. The van der Waals surface area contributed by atoms with E-state index in [2.05, 4.69) is 0 Å². The summed E-state index contributed by atoms with van der Waals surface area (Å²) in [5.41, 5.74) is 1.48. The van der Waals surface area contributed by atoms with Crippen LogP contribution in [0.1, 0.15) is 42.7 Å². The van der Waals surface area contributed by atoms with Gasteiger partial charge in [0.1, 0.15) is 0 Å².